The largest absolute Gasteiger partial charge is 0.312 e. The first-order valence-corrected chi connectivity index (χ1v) is 6.52. The first-order valence-electron chi connectivity index (χ1n) is 4.07. The molecule has 0 fully saturated rings. The van der Waals surface area contributed by atoms with Crippen LogP contribution < -0.4 is 0 Å². The number of allylic oxidation sites excluding steroid dienone is 2. The summed E-state index contributed by atoms with van der Waals surface area (Å²) in [6, 6.07) is 2.45. The summed E-state index contributed by atoms with van der Waals surface area (Å²) in [5.74, 6) is 0. The van der Waals surface area contributed by atoms with Gasteiger partial charge < -0.3 is 4.90 Å². The lowest BCUT2D eigenvalue weighted by atomic mass is 10.7. The van der Waals surface area contributed by atoms with Crippen LogP contribution in [0.2, 0.25) is 12.1 Å². The molecule has 0 heterocycles. The Bertz CT molecular complexity index is 111. The fourth-order valence-corrected chi connectivity index (χ4v) is 3.70. The molecule has 0 aromatic rings. The van der Waals surface area contributed by atoms with Crippen molar-refractivity contribution in [1.82, 2.24) is 4.90 Å². The molecular weight excluding hydrogens is 150 g/mol. The van der Waals surface area contributed by atoms with Gasteiger partial charge >= 0.3 is 0 Å². The van der Waals surface area contributed by atoms with E-state index in [9.17, 15) is 0 Å². The average Bonchev–Trinajstić information content (AvgIpc) is 1.87. The molecule has 0 aromatic carbocycles. The highest BCUT2D eigenvalue weighted by Gasteiger charge is 2.07. The van der Waals surface area contributed by atoms with E-state index in [0.717, 1.165) is 0 Å². The van der Waals surface area contributed by atoms with Crippen LogP contribution in [0.15, 0.2) is 25.3 Å². The first-order chi connectivity index (χ1) is 5.20. The van der Waals surface area contributed by atoms with Crippen LogP contribution in [0.1, 0.15) is 0 Å². The Morgan fingerprint density at radius 1 is 1.18 bits per heavy atom. The van der Waals surface area contributed by atoms with Crippen molar-refractivity contribution in [3.05, 3.63) is 25.3 Å². The van der Waals surface area contributed by atoms with Gasteiger partial charge in [0.1, 0.15) is 0 Å². The quantitative estimate of drug-likeness (QED) is 0.432. The van der Waals surface area contributed by atoms with Gasteiger partial charge in [0.05, 0.1) is 8.80 Å². The predicted octanol–water partition coefficient (Wildman–Crippen LogP) is 1.69. The zero-order chi connectivity index (χ0) is 8.69. The maximum Gasteiger partial charge on any atom is 0.0604 e. The minimum absolute atomic E-state index is 0.602. The first kappa shape index (κ1) is 10.7. The molecule has 0 saturated carbocycles. The molecule has 0 N–H and O–H groups in total. The molecule has 0 saturated heterocycles. The molecule has 0 atom stereocenters. The standard InChI is InChI=1S/C9H19NSi/c1-5-7-11(8-6-2)9-10(3)4/h5-6,11H,1-2,7-9H2,3-4H3. The normalized spacial score (nSPS) is 10.5. The van der Waals surface area contributed by atoms with Crippen LogP contribution in [0.4, 0.5) is 0 Å². The van der Waals surface area contributed by atoms with E-state index in [2.05, 4.69) is 32.2 Å². The van der Waals surface area contributed by atoms with Crippen molar-refractivity contribution in [2.45, 2.75) is 12.1 Å². The molecule has 0 amide bonds. The molecule has 0 bridgehead atoms. The fraction of sp³-hybridized carbons (Fsp3) is 0.556. The van der Waals surface area contributed by atoms with Crippen LogP contribution in [0, 0.1) is 0 Å². The van der Waals surface area contributed by atoms with E-state index >= 15 is 0 Å². The highest BCUT2D eigenvalue weighted by molar-refractivity contribution is 6.59. The van der Waals surface area contributed by atoms with Gasteiger partial charge in [-0.05, 0) is 32.4 Å². The van der Waals surface area contributed by atoms with Crippen LogP contribution in [0.5, 0.6) is 0 Å². The fourth-order valence-electron chi connectivity index (χ4n) is 1.23. The second-order valence-corrected chi connectivity index (χ2v) is 6.22. The van der Waals surface area contributed by atoms with E-state index < -0.39 is 8.80 Å². The van der Waals surface area contributed by atoms with E-state index in [1.807, 2.05) is 12.2 Å². The summed E-state index contributed by atoms with van der Waals surface area (Å²) in [5.41, 5.74) is 0. The Kier molecular flexibility index (Phi) is 6.17. The Morgan fingerprint density at radius 3 is 1.91 bits per heavy atom. The SMILES string of the molecule is C=CC[SiH](CC=C)CN(C)C. The van der Waals surface area contributed by atoms with Crippen molar-refractivity contribution in [3.63, 3.8) is 0 Å². The molecule has 0 unspecified atom stereocenters. The average molecular weight is 169 g/mol. The molecule has 0 aromatic heterocycles. The molecular formula is C9H19NSi. The van der Waals surface area contributed by atoms with Crippen molar-refractivity contribution < 1.29 is 0 Å². The molecule has 0 aliphatic carbocycles. The summed E-state index contributed by atoms with van der Waals surface area (Å²) < 4.78 is 0. The molecule has 64 valence electrons. The van der Waals surface area contributed by atoms with E-state index in [4.69, 9.17) is 0 Å². The van der Waals surface area contributed by atoms with Crippen LogP contribution in [0.25, 0.3) is 0 Å². The Labute approximate surface area is 72.0 Å². The smallest absolute Gasteiger partial charge is 0.0604 e. The van der Waals surface area contributed by atoms with Crippen molar-refractivity contribution in [2.24, 2.45) is 0 Å². The maximum atomic E-state index is 3.77. The van der Waals surface area contributed by atoms with E-state index in [-0.39, 0.29) is 0 Å². The molecule has 1 nitrogen and oxygen atoms in total. The number of nitrogens with zero attached hydrogens (tertiary/aromatic N) is 1. The maximum absolute atomic E-state index is 3.77. The van der Waals surface area contributed by atoms with Gasteiger partial charge in [-0.15, -0.1) is 13.2 Å². The van der Waals surface area contributed by atoms with Gasteiger partial charge in [0.25, 0.3) is 0 Å². The summed E-state index contributed by atoms with van der Waals surface area (Å²) in [5, 5.41) is 0. The van der Waals surface area contributed by atoms with Gasteiger partial charge in [-0.3, -0.25) is 0 Å². The molecule has 0 aliphatic rings. The molecule has 0 aliphatic heterocycles. The third kappa shape index (κ3) is 6.07. The van der Waals surface area contributed by atoms with Gasteiger partial charge in [-0.1, -0.05) is 12.2 Å². The molecule has 2 heteroatoms. The molecule has 0 spiro atoms. The minimum atomic E-state index is -0.602. The Hall–Kier alpha value is -0.343. The summed E-state index contributed by atoms with van der Waals surface area (Å²) >= 11 is 0. The van der Waals surface area contributed by atoms with Crippen molar-refractivity contribution in [3.8, 4) is 0 Å². The zero-order valence-electron chi connectivity index (χ0n) is 7.71. The predicted molar refractivity (Wildman–Crippen MR) is 55.7 cm³/mol. The summed E-state index contributed by atoms with van der Waals surface area (Å²) in [4.78, 5) is 2.27. The number of hydrogen-bond donors (Lipinski definition) is 0. The number of rotatable bonds is 6. The second kappa shape index (κ2) is 6.37. The Morgan fingerprint density at radius 2 is 1.64 bits per heavy atom. The van der Waals surface area contributed by atoms with Gasteiger partial charge in [-0.2, -0.15) is 0 Å². The van der Waals surface area contributed by atoms with Crippen LogP contribution >= 0.6 is 0 Å². The monoisotopic (exact) mass is 169 g/mol. The van der Waals surface area contributed by atoms with Gasteiger partial charge in [-0.25, -0.2) is 0 Å². The van der Waals surface area contributed by atoms with E-state index in [0.29, 0.717) is 0 Å². The topological polar surface area (TPSA) is 3.24 Å². The van der Waals surface area contributed by atoms with Crippen LogP contribution in [0.3, 0.4) is 0 Å². The van der Waals surface area contributed by atoms with E-state index in [1.54, 1.807) is 0 Å². The number of hydrogen-bond acceptors (Lipinski definition) is 1. The third-order valence-electron chi connectivity index (χ3n) is 1.62. The molecule has 0 rings (SSSR count). The van der Waals surface area contributed by atoms with E-state index in [1.165, 1.54) is 18.3 Å². The van der Waals surface area contributed by atoms with Crippen LogP contribution in [-0.2, 0) is 0 Å². The lowest BCUT2D eigenvalue weighted by molar-refractivity contribution is 0.473. The van der Waals surface area contributed by atoms with Crippen molar-refractivity contribution in [1.29, 1.82) is 0 Å². The summed E-state index contributed by atoms with van der Waals surface area (Å²) in [6.45, 7) is 7.54. The van der Waals surface area contributed by atoms with Crippen molar-refractivity contribution in [2.75, 3.05) is 20.3 Å². The van der Waals surface area contributed by atoms with Gasteiger partial charge in [0.15, 0.2) is 0 Å². The lowest BCUT2D eigenvalue weighted by Crippen LogP contribution is -2.28. The third-order valence-corrected chi connectivity index (χ3v) is 4.87. The van der Waals surface area contributed by atoms with Gasteiger partial charge in [0.2, 0.25) is 0 Å². The zero-order valence-corrected chi connectivity index (χ0v) is 8.87. The second-order valence-electron chi connectivity index (χ2n) is 3.18. The molecule has 0 radical (unpaired) electrons. The highest BCUT2D eigenvalue weighted by atomic mass is 28.3. The van der Waals surface area contributed by atoms with Crippen molar-refractivity contribution >= 4 is 8.80 Å². The summed E-state index contributed by atoms with van der Waals surface area (Å²) in [7, 11) is 3.66. The molecule has 11 heavy (non-hydrogen) atoms. The highest BCUT2D eigenvalue weighted by Crippen LogP contribution is 2.01. The lowest BCUT2D eigenvalue weighted by Gasteiger charge is -2.16. The minimum Gasteiger partial charge on any atom is -0.312 e. The summed E-state index contributed by atoms with van der Waals surface area (Å²) in [6.07, 6.45) is 5.35. The Balaban J connectivity index is 3.67. The van der Waals surface area contributed by atoms with Gasteiger partial charge in [0, 0.05) is 0 Å². The van der Waals surface area contributed by atoms with Crippen LogP contribution in [-0.4, -0.2) is 34.0 Å².